The fourth-order valence-electron chi connectivity index (χ4n) is 4.84. The third-order valence-electron chi connectivity index (χ3n) is 7.00. The lowest BCUT2D eigenvalue weighted by atomic mass is 10.1. The molecule has 216 valence electrons. The number of hydrogen-bond acceptors (Lipinski definition) is 6. The van der Waals surface area contributed by atoms with Gasteiger partial charge >= 0.3 is 0 Å². The van der Waals surface area contributed by atoms with Gasteiger partial charge in [-0.05, 0) is 65.4 Å². The molecule has 0 radical (unpaired) electrons. The maximum absolute atomic E-state index is 13.3. The molecular weight excluding hydrogens is 563 g/mol. The molecule has 1 heterocycles. The van der Waals surface area contributed by atoms with E-state index in [2.05, 4.69) is 27.5 Å². The molecule has 42 heavy (non-hydrogen) atoms. The number of amidine groups is 1. The highest BCUT2D eigenvalue weighted by Crippen LogP contribution is 2.30. The SMILES string of the molecule is CN(C)c1cccc2c(S(=O)(=O)NCc3cccc(CNCCc4ccc(NC(=N)c5cccs5)cc4)c3)cccc12. The van der Waals surface area contributed by atoms with E-state index in [1.54, 1.807) is 23.5 Å². The summed E-state index contributed by atoms with van der Waals surface area (Å²) in [5, 5.41) is 18.4. The molecule has 4 aromatic carbocycles. The zero-order valence-electron chi connectivity index (χ0n) is 23.7. The third-order valence-corrected chi connectivity index (χ3v) is 9.35. The lowest BCUT2D eigenvalue weighted by molar-refractivity contribution is 0.582. The van der Waals surface area contributed by atoms with Crippen molar-refractivity contribution in [2.24, 2.45) is 0 Å². The largest absolute Gasteiger partial charge is 0.377 e. The first-order valence-corrected chi connectivity index (χ1v) is 16.1. The predicted molar refractivity (Wildman–Crippen MR) is 175 cm³/mol. The summed E-state index contributed by atoms with van der Waals surface area (Å²) in [5.41, 5.74) is 5.09. The van der Waals surface area contributed by atoms with E-state index in [1.165, 1.54) is 5.56 Å². The minimum atomic E-state index is -3.71. The van der Waals surface area contributed by atoms with Gasteiger partial charge in [0.2, 0.25) is 10.0 Å². The number of fused-ring (bicyclic) bond motifs is 1. The van der Waals surface area contributed by atoms with Crippen LogP contribution in [0.15, 0.2) is 107 Å². The molecule has 9 heteroatoms. The van der Waals surface area contributed by atoms with E-state index in [-0.39, 0.29) is 11.4 Å². The lowest BCUT2D eigenvalue weighted by Gasteiger charge is -2.17. The minimum absolute atomic E-state index is 0.213. The van der Waals surface area contributed by atoms with Crippen LogP contribution in [0.5, 0.6) is 0 Å². The second-order valence-corrected chi connectivity index (χ2v) is 13.0. The quantitative estimate of drug-likeness (QED) is 0.0779. The van der Waals surface area contributed by atoms with Crippen LogP contribution in [0.3, 0.4) is 0 Å². The Morgan fingerprint density at radius 3 is 2.26 bits per heavy atom. The van der Waals surface area contributed by atoms with E-state index in [0.717, 1.165) is 45.7 Å². The van der Waals surface area contributed by atoms with Crippen molar-refractivity contribution in [1.29, 1.82) is 5.41 Å². The molecule has 0 aliphatic rings. The normalized spacial score (nSPS) is 11.5. The molecule has 0 unspecified atom stereocenters. The Morgan fingerprint density at radius 2 is 1.52 bits per heavy atom. The molecule has 0 saturated carbocycles. The molecule has 7 nitrogen and oxygen atoms in total. The predicted octanol–water partition coefficient (Wildman–Crippen LogP) is 6.22. The second kappa shape index (κ2) is 13.3. The molecule has 4 N–H and O–H groups in total. The van der Waals surface area contributed by atoms with Crippen LogP contribution in [-0.4, -0.2) is 34.9 Å². The molecule has 1 aromatic heterocycles. The van der Waals surface area contributed by atoms with E-state index < -0.39 is 10.0 Å². The van der Waals surface area contributed by atoms with E-state index in [1.807, 2.05) is 97.2 Å². The van der Waals surface area contributed by atoms with Gasteiger partial charge < -0.3 is 15.5 Å². The number of nitrogens with zero attached hydrogens (tertiary/aromatic N) is 1. The van der Waals surface area contributed by atoms with Gasteiger partial charge in [0.1, 0.15) is 5.84 Å². The highest BCUT2D eigenvalue weighted by atomic mass is 32.2. The van der Waals surface area contributed by atoms with Crippen LogP contribution in [-0.2, 0) is 29.5 Å². The van der Waals surface area contributed by atoms with Gasteiger partial charge in [-0.2, -0.15) is 0 Å². The van der Waals surface area contributed by atoms with Crippen LogP contribution in [0, 0.1) is 5.41 Å². The first-order chi connectivity index (χ1) is 20.3. The lowest BCUT2D eigenvalue weighted by Crippen LogP contribution is -2.24. The van der Waals surface area contributed by atoms with Gasteiger partial charge in [0, 0.05) is 49.3 Å². The van der Waals surface area contributed by atoms with E-state index in [0.29, 0.717) is 17.8 Å². The highest BCUT2D eigenvalue weighted by molar-refractivity contribution is 7.89. The summed E-state index contributed by atoms with van der Waals surface area (Å²) < 4.78 is 29.4. The molecule has 0 fully saturated rings. The number of hydrogen-bond donors (Lipinski definition) is 4. The number of nitrogens with one attached hydrogen (secondary N) is 4. The Kier molecular flexibility index (Phi) is 9.34. The summed E-state index contributed by atoms with van der Waals surface area (Å²) in [7, 11) is 0.190. The van der Waals surface area contributed by atoms with Gasteiger partial charge in [0.05, 0.1) is 9.77 Å². The molecule has 0 spiro atoms. The average molecular weight is 598 g/mol. The summed E-state index contributed by atoms with van der Waals surface area (Å²) in [5.74, 6) is 0.404. The van der Waals surface area contributed by atoms with Gasteiger partial charge in [-0.1, -0.05) is 66.7 Å². The van der Waals surface area contributed by atoms with Gasteiger partial charge in [-0.3, -0.25) is 5.41 Å². The number of benzene rings is 4. The number of thiophene rings is 1. The molecular formula is C33H35N5O2S2. The van der Waals surface area contributed by atoms with Crippen LogP contribution < -0.4 is 20.3 Å². The van der Waals surface area contributed by atoms with Crippen molar-refractivity contribution in [3.63, 3.8) is 0 Å². The van der Waals surface area contributed by atoms with Crippen molar-refractivity contribution >= 4 is 49.3 Å². The summed E-state index contributed by atoms with van der Waals surface area (Å²) >= 11 is 1.54. The van der Waals surface area contributed by atoms with E-state index in [4.69, 9.17) is 5.41 Å². The van der Waals surface area contributed by atoms with Gasteiger partial charge in [0.25, 0.3) is 0 Å². The van der Waals surface area contributed by atoms with E-state index in [9.17, 15) is 8.42 Å². The van der Waals surface area contributed by atoms with Crippen LogP contribution in [0.1, 0.15) is 21.6 Å². The average Bonchev–Trinajstić information content (AvgIpc) is 3.54. The van der Waals surface area contributed by atoms with Crippen molar-refractivity contribution < 1.29 is 8.42 Å². The Morgan fingerprint density at radius 1 is 0.810 bits per heavy atom. The van der Waals surface area contributed by atoms with Crippen molar-refractivity contribution in [3.8, 4) is 0 Å². The fraction of sp³-hybridized carbons (Fsp3) is 0.182. The molecule has 0 saturated heterocycles. The monoisotopic (exact) mass is 597 g/mol. The topological polar surface area (TPSA) is 97.3 Å². The zero-order chi connectivity index (χ0) is 29.5. The highest BCUT2D eigenvalue weighted by Gasteiger charge is 2.18. The Hall–Kier alpha value is -4.02. The summed E-state index contributed by atoms with van der Waals surface area (Å²) in [4.78, 5) is 3.18. The van der Waals surface area contributed by atoms with Gasteiger partial charge in [-0.25, -0.2) is 13.1 Å². The molecule has 0 aliphatic carbocycles. The second-order valence-electron chi connectivity index (χ2n) is 10.3. The molecule has 0 atom stereocenters. The first kappa shape index (κ1) is 29.5. The summed E-state index contributed by atoms with van der Waals surface area (Å²) in [6.07, 6.45) is 0.878. The Labute approximate surface area is 251 Å². The van der Waals surface area contributed by atoms with Crippen molar-refractivity contribution in [2.75, 3.05) is 30.9 Å². The minimum Gasteiger partial charge on any atom is -0.377 e. The maximum atomic E-state index is 13.3. The summed E-state index contributed by atoms with van der Waals surface area (Å²) in [6, 6.07) is 31.1. The van der Waals surface area contributed by atoms with E-state index >= 15 is 0 Å². The first-order valence-electron chi connectivity index (χ1n) is 13.8. The molecule has 0 aliphatic heterocycles. The number of anilines is 2. The van der Waals surface area contributed by atoms with Crippen LogP contribution >= 0.6 is 11.3 Å². The number of sulfonamides is 1. The standard InChI is InChI=1S/C33H35N5O2S2/c1-38(2)30-11-4-10-29-28(30)9-5-13-32(29)42(39,40)36-23-26-8-3-7-25(21-26)22-35-19-18-24-14-16-27(17-15-24)37-33(34)31-12-6-20-41-31/h3-17,20-21,35-36H,18-19,22-23H2,1-2H3,(H2,34,37). The van der Waals surface area contributed by atoms with Crippen LogP contribution in [0.4, 0.5) is 11.4 Å². The Bertz CT molecular complexity index is 1770. The third kappa shape index (κ3) is 7.24. The van der Waals surface area contributed by atoms with Gasteiger partial charge in [-0.15, -0.1) is 11.3 Å². The zero-order valence-corrected chi connectivity index (χ0v) is 25.4. The van der Waals surface area contributed by atoms with Gasteiger partial charge in [0.15, 0.2) is 0 Å². The molecule has 5 rings (SSSR count). The van der Waals surface area contributed by atoms with Crippen molar-refractivity contribution in [3.05, 3.63) is 124 Å². The Balaban J connectivity index is 1.13. The molecule has 0 bridgehead atoms. The smallest absolute Gasteiger partial charge is 0.241 e. The molecule has 5 aromatic rings. The fourth-order valence-corrected chi connectivity index (χ4v) is 6.71. The summed E-state index contributed by atoms with van der Waals surface area (Å²) in [6.45, 7) is 1.71. The van der Waals surface area contributed by atoms with Crippen LogP contribution in [0.2, 0.25) is 0 Å². The maximum Gasteiger partial charge on any atom is 0.241 e. The van der Waals surface area contributed by atoms with Crippen molar-refractivity contribution in [2.45, 2.75) is 24.4 Å². The van der Waals surface area contributed by atoms with Crippen molar-refractivity contribution in [1.82, 2.24) is 10.0 Å². The number of rotatable bonds is 12. The van der Waals surface area contributed by atoms with Crippen LogP contribution in [0.25, 0.3) is 10.8 Å². The molecule has 0 amide bonds.